The highest BCUT2D eigenvalue weighted by Crippen LogP contribution is 2.27. The molecule has 0 radical (unpaired) electrons. The molecule has 1 N–H and O–H groups in total. The molecule has 1 aromatic heterocycles. The monoisotopic (exact) mass is 385 g/mol. The van der Waals surface area contributed by atoms with E-state index in [2.05, 4.69) is 5.10 Å². The predicted octanol–water partition coefficient (Wildman–Crippen LogP) is 3.98. The molecule has 1 heterocycles. The van der Waals surface area contributed by atoms with Crippen molar-refractivity contribution in [2.45, 2.75) is 12.8 Å². The van der Waals surface area contributed by atoms with Crippen molar-refractivity contribution in [3.8, 4) is 22.7 Å². The molecule has 0 saturated carbocycles. The molecule has 3 aromatic rings. The molecule has 0 aliphatic rings. The first-order valence-corrected chi connectivity index (χ1v) is 8.80. The van der Waals surface area contributed by atoms with Crippen molar-refractivity contribution in [2.75, 3.05) is 14.2 Å². The van der Waals surface area contributed by atoms with E-state index in [9.17, 15) is 10.0 Å². The standard InChI is InChI=1S/C20H20ClN3O3/c1-23(26)20(25)12-7-16-13-19(14-3-10-18(27-2)11-4-14)24(22-16)17-8-5-15(21)6-9-17/h3-6,8-11,13,26H,7,12H2,1-2H3. The Hall–Kier alpha value is -2.83. The molecule has 0 saturated heterocycles. The zero-order chi connectivity index (χ0) is 19.4. The summed E-state index contributed by atoms with van der Waals surface area (Å²) < 4.78 is 7.04. The summed E-state index contributed by atoms with van der Waals surface area (Å²) >= 11 is 6.00. The minimum atomic E-state index is -0.359. The highest BCUT2D eigenvalue weighted by atomic mass is 35.5. The summed E-state index contributed by atoms with van der Waals surface area (Å²) in [6, 6.07) is 17.0. The Labute approximate surface area is 162 Å². The molecular formula is C20H20ClN3O3. The summed E-state index contributed by atoms with van der Waals surface area (Å²) in [5.74, 6) is 0.412. The van der Waals surface area contributed by atoms with E-state index in [0.29, 0.717) is 16.5 Å². The number of hydroxylamine groups is 2. The molecule has 0 aliphatic heterocycles. The smallest absolute Gasteiger partial charge is 0.246 e. The first-order chi connectivity index (χ1) is 13.0. The highest BCUT2D eigenvalue weighted by Gasteiger charge is 2.14. The van der Waals surface area contributed by atoms with Crippen LogP contribution >= 0.6 is 11.6 Å². The number of amides is 1. The summed E-state index contributed by atoms with van der Waals surface area (Å²) in [6.07, 6.45) is 0.597. The molecule has 0 atom stereocenters. The van der Waals surface area contributed by atoms with Gasteiger partial charge in [0.2, 0.25) is 5.91 Å². The topological polar surface area (TPSA) is 67.6 Å². The van der Waals surface area contributed by atoms with Crippen LogP contribution in [0.15, 0.2) is 54.6 Å². The number of aryl methyl sites for hydroxylation is 1. The van der Waals surface area contributed by atoms with Crippen LogP contribution in [-0.4, -0.2) is 40.1 Å². The third-order valence-electron chi connectivity index (χ3n) is 4.17. The van der Waals surface area contributed by atoms with E-state index in [-0.39, 0.29) is 12.3 Å². The lowest BCUT2D eigenvalue weighted by Gasteiger charge is -2.08. The van der Waals surface area contributed by atoms with Crippen LogP contribution in [0.25, 0.3) is 16.9 Å². The highest BCUT2D eigenvalue weighted by molar-refractivity contribution is 6.30. The number of hydrogen-bond acceptors (Lipinski definition) is 4. The number of hydrogen-bond donors (Lipinski definition) is 1. The molecule has 7 heteroatoms. The number of rotatable bonds is 6. The summed E-state index contributed by atoms with van der Waals surface area (Å²) in [5, 5.41) is 15.1. The molecule has 6 nitrogen and oxygen atoms in total. The van der Waals surface area contributed by atoms with Gasteiger partial charge in [0.25, 0.3) is 0 Å². The predicted molar refractivity (Wildman–Crippen MR) is 103 cm³/mol. The second-order valence-electron chi connectivity index (χ2n) is 6.05. The van der Waals surface area contributed by atoms with E-state index in [1.807, 2.05) is 47.1 Å². The van der Waals surface area contributed by atoms with Gasteiger partial charge in [0.05, 0.1) is 24.2 Å². The number of aromatic nitrogens is 2. The Kier molecular flexibility index (Phi) is 5.78. The van der Waals surface area contributed by atoms with E-state index in [4.69, 9.17) is 16.3 Å². The van der Waals surface area contributed by atoms with Crippen LogP contribution < -0.4 is 4.74 Å². The fourth-order valence-corrected chi connectivity index (χ4v) is 2.82. The molecule has 140 valence electrons. The van der Waals surface area contributed by atoms with Crippen LogP contribution in [0.3, 0.4) is 0 Å². The van der Waals surface area contributed by atoms with Crippen molar-refractivity contribution in [1.82, 2.24) is 14.8 Å². The van der Waals surface area contributed by atoms with Crippen LogP contribution in [0.2, 0.25) is 5.02 Å². The minimum absolute atomic E-state index is 0.173. The number of ether oxygens (including phenoxy) is 1. The van der Waals surface area contributed by atoms with Gasteiger partial charge in [0.15, 0.2) is 0 Å². The summed E-state index contributed by atoms with van der Waals surface area (Å²) in [6.45, 7) is 0. The minimum Gasteiger partial charge on any atom is -0.497 e. The zero-order valence-electron chi connectivity index (χ0n) is 15.1. The van der Waals surface area contributed by atoms with Crippen molar-refractivity contribution < 1.29 is 14.7 Å². The normalized spacial score (nSPS) is 10.7. The molecule has 0 aliphatic carbocycles. The van der Waals surface area contributed by atoms with E-state index >= 15 is 0 Å². The lowest BCUT2D eigenvalue weighted by molar-refractivity contribution is -0.159. The van der Waals surface area contributed by atoms with Gasteiger partial charge < -0.3 is 4.74 Å². The Morgan fingerprint density at radius 1 is 1.19 bits per heavy atom. The van der Waals surface area contributed by atoms with E-state index in [0.717, 1.165) is 28.4 Å². The zero-order valence-corrected chi connectivity index (χ0v) is 15.8. The van der Waals surface area contributed by atoms with Gasteiger partial charge in [-0.2, -0.15) is 5.10 Å². The van der Waals surface area contributed by atoms with Gasteiger partial charge in [-0.05, 0) is 54.6 Å². The molecular weight excluding hydrogens is 366 g/mol. The molecule has 1 amide bonds. The first-order valence-electron chi connectivity index (χ1n) is 8.42. The van der Waals surface area contributed by atoms with Crippen molar-refractivity contribution in [1.29, 1.82) is 0 Å². The number of nitrogens with zero attached hydrogens (tertiary/aromatic N) is 3. The Bertz CT molecular complexity index is 919. The quantitative estimate of drug-likeness (QED) is 0.514. The molecule has 0 unspecified atom stereocenters. The van der Waals surface area contributed by atoms with Gasteiger partial charge in [-0.1, -0.05) is 11.6 Å². The summed E-state index contributed by atoms with van der Waals surface area (Å²) in [7, 11) is 2.94. The van der Waals surface area contributed by atoms with Gasteiger partial charge in [-0.15, -0.1) is 0 Å². The Morgan fingerprint density at radius 2 is 1.85 bits per heavy atom. The van der Waals surface area contributed by atoms with Crippen molar-refractivity contribution in [2.24, 2.45) is 0 Å². The molecule has 2 aromatic carbocycles. The fourth-order valence-electron chi connectivity index (χ4n) is 2.70. The van der Waals surface area contributed by atoms with E-state index in [1.54, 1.807) is 19.2 Å². The molecule has 0 bridgehead atoms. The van der Waals surface area contributed by atoms with E-state index in [1.165, 1.54) is 7.05 Å². The molecule has 3 rings (SSSR count). The number of halogens is 1. The van der Waals surface area contributed by atoms with Gasteiger partial charge in [0.1, 0.15) is 5.75 Å². The summed E-state index contributed by atoms with van der Waals surface area (Å²) in [4.78, 5) is 11.7. The summed E-state index contributed by atoms with van der Waals surface area (Å²) in [5.41, 5.74) is 3.47. The maximum atomic E-state index is 11.7. The SMILES string of the molecule is COc1ccc(-c2cc(CCC(=O)N(C)O)nn2-c2ccc(Cl)cc2)cc1. The molecule has 27 heavy (non-hydrogen) atoms. The van der Waals surface area contributed by atoms with Crippen LogP contribution in [0.1, 0.15) is 12.1 Å². The third kappa shape index (κ3) is 4.48. The number of methoxy groups -OCH3 is 1. The van der Waals surface area contributed by atoms with Crippen molar-refractivity contribution >= 4 is 17.5 Å². The maximum Gasteiger partial charge on any atom is 0.246 e. The molecule has 0 fully saturated rings. The van der Waals surface area contributed by atoms with Gasteiger partial charge in [-0.3, -0.25) is 10.0 Å². The van der Waals surface area contributed by atoms with E-state index < -0.39 is 0 Å². The molecule has 0 spiro atoms. The van der Waals surface area contributed by atoms with Crippen LogP contribution in [-0.2, 0) is 11.2 Å². The number of carbonyl (C=O) groups excluding carboxylic acids is 1. The van der Waals surface area contributed by atoms with Crippen molar-refractivity contribution in [3.05, 3.63) is 65.3 Å². The Balaban J connectivity index is 1.98. The second-order valence-corrected chi connectivity index (χ2v) is 6.49. The van der Waals surface area contributed by atoms with Gasteiger partial charge >= 0.3 is 0 Å². The largest absolute Gasteiger partial charge is 0.497 e. The van der Waals surface area contributed by atoms with Gasteiger partial charge in [0, 0.05) is 30.5 Å². The lowest BCUT2D eigenvalue weighted by atomic mass is 10.1. The van der Waals surface area contributed by atoms with Gasteiger partial charge in [-0.25, -0.2) is 9.75 Å². The first kappa shape index (κ1) is 18.9. The van der Waals surface area contributed by atoms with Crippen LogP contribution in [0.5, 0.6) is 5.75 Å². The average Bonchev–Trinajstić information content (AvgIpc) is 3.11. The number of benzene rings is 2. The fraction of sp³-hybridized carbons (Fsp3) is 0.200. The lowest BCUT2D eigenvalue weighted by Crippen LogP contribution is -2.22. The van der Waals surface area contributed by atoms with Crippen LogP contribution in [0.4, 0.5) is 0 Å². The van der Waals surface area contributed by atoms with Crippen LogP contribution in [0, 0.1) is 0 Å². The van der Waals surface area contributed by atoms with Crippen molar-refractivity contribution in [3.63, 3.8) is 0 Å². The second kappa shape index (κ2) is 8.24. The Morgan fingerprint density at radius 3 is 2.44 bits per heavy atom. The maximum absolute atomic E-state index is 11.7. The number of carbonyl (C=O) groups is 1. The third-order valence-corrected chi connectivity index (χ3v) is 4.42. The average molecular weight is 386 g/mol.